The summed E-state index contributed by atoms with van der Waals surface area (Å²) >= 11 is 0. The van der Waals surface area contributed by atoms with Gasteiger partial charge in [0.25, 0.3) is 0 Å². The highest BCUT2D eigenvalue weighted by Crippen LogP contribution is 2.42. The molecule has 0 bridgehead atoms. The molecular weight excluding hydrogens is 378 g/mol. The second-order valence-electron chi connectivity index (χ2n) is 9.53. The molecule has 0 radical (unpaired) electrons. The van der Waals surface area contributed by atoms with Crippen LogP contribution in [-0.2, 0) is 11.8 Å². The fourth-order valence-corrected chi connectivity index (χ4v) is 5.77. The Balaban J connectivity index is 1.09. The summed E-state index contributed by atoms with van der Waals surface area (Å²) in [4.78, 5) is 2.69. The smallest absolute Gasteiger partial charge is 0.233 e. The summed E-state index contributed by atoms with van der Waals surface area (Å²) in [5.74, 6) is 3.68. The standard InChI is InChI=1S/C23H33N5O2/c1-16-10-24-27(2)23(16)21-5-6-22(26-25-21)30-15-18-8-19-12-28(13-20(19)9-18)11-17-4-3-7-29-14-17/h5-6,10,17-20H,3-4,7-9,11-15H2,1-2H3. The number of rotatable bonds is 6. The van der Waals surface area contributed by atoms with Crippen molar-refractivity contribution in [2.75, 3.05) is 39.5 Å². The fraction of sp³-hybridized carbons (Fsp3) is 0.696. The third-order valence-electron chi connectivity index (χ3n) is 7.17. The van der Waals surface area contributed by atoms with Crippen LogP contribution in [0.3, 0.4) is 0 Å². The molecular formula is C23H33N5O2. The molecule has 3 atom stereocenters. The Kier molecular flexibility index (Phi) is 5.74. The zero-order chi connectivity index (χ0) is 20.5. The van der Waals surface area contributed by atoms with E-state index in [2.05, 4.69) is 20.2 Å². The van der Waals surface area contributed by atoms with E-state index in [4.69, 9.17) is 9.47 Å². The Bertz CT molecular complexity index is 812. The van der Waals surface area contributed by atoms with Crippen molar-refractivity contribution in [2.45, 2.75) is 32.6 Å². The van der Waals surface area contributed by atoms with Gasteiger partial charge in [-0.25, -0.2) is 0 Å². The van der Waals surface area contributed by atoms with Gasteiger partial charge < -0.3 is 14.4 Å². The van der Waals surface area contributed by atoms with Crippen LogP contribution in [0.5, 0.6) is 5.88 Å². The van der Waals surface area contributed by atoms with E-state index in [0.717, 1.165) is 54.5 Å². The number of hydrogen-bond donors (Lipinski definition) is 0. The van der Waals surface area contributed by atoms with Gasteiger partial charge in [0.05, 0.1) is 25.1 Å². The summed E-state index contributed by atoms with van der Waals surface area (Å²) in [6.07, 6.45) is 6.98. The van der Waals surface area contributed by atoms with Crippen molar-refractivity contribution < 1.29 is 9.47 Å². The zero-order valence-electron chi connectivity index (χ0n) is 18.2. The molecule has 3 unspecified atom stereocenters. The molecule has 7 heteroatoms. The van der Waals surface area contributed by atoms with Gasteiger partial charge in [0, 0.05) is 39.4 Å². The Hall–Kier alpha value is -1.99. The van der Waals surface area contributed by atoms with E-state index in [1.165, 1.54) is 45.3 Å². The van der Waals surface area contributed by atoms with Gasteiger partial charge in [0.1, 0.15) is 5.69 Å². The van der Waals surface area contributed by atoms with Gasteiger partial charge in [-0.2, -0.15) is 5.10 Å². The number of aromatic nitrogens is 4. The van der Waals surface area contributed by atoms with Gasteiger partial charge in [-0.1, -0.05) is 0 Å². The largest absolute Gasteiger partial charge is 0.476 e. The Labute approximate surface area is 178 Å². The minimum absolute atomic E-state index is 0.620. The molecule has 3 fully saturated rings. The van der Waals surface area contributed by atoms with E-state index in [1.54, 1.807) is 0 Å². The van der Waals surface area contributed by atoms with Crippen molar-refractivity contribution in [1.29, 1.82) is 0 Å². The molecule has 2 saturated heterocycles. The van der Waals surface area contributed by atoms with Crippen molar-refractivity contribution in [2.24, 2.45) is 30.7 Å². The highest BCUT2D eigenvalue weighted by atomic mass is 16.5. The summed E-state index contributed by atoms with van der Waals surface area (Å²) in [7, 11) is 1.93. The molecule has 1 aliphatic carbocycles. The third kappa shape index (κ3) is 4.23. The summed E-state index contributed by atoms with van der Waals surface area (Å²) in [5, 5.41) is 12.9. The molecule has 2 aromatic heterocycles. The van der Waals surface area contributed by atoms with Crippen molar-refractivity contribution in [3.63, 3.8) is 0 Å². The summed E-state index contributed by atoms with van der Waals surface area (Å²) in [6.45, 7) is 8.46. The summed E-state index contributed by atoms with van der Waals surface area (Å²) in [5.41, 5.74) is 2.93. The minimum atomic E-state index is 0.620. The maximum atomic E-state index is 6.01. The molecule has 3 aliphatic rings. The highest BCUT2D eigenvalue weighted by Gasteiger charge is 2.41. The quantitative estimate of drug-likeness (QED) is 0.728. The van der Waals surface area contributed by atoms with Crippen LogP contribution in [0.15, 0.2) is 18.3 Å². The first kappa shape index (κ1) is 19.9. The molecule has 2 aromatic rings. The van der Waals surface area contributed by atoms with Gasteiger partial charge >= 0.3 is 0 Å². The van der Waals surface area contributed by atoms with Crippen LogP contribution in [0.25, 0.3) is 11.4 Å². The molecule has 162 valence electrons. The maximum absolute atomic E-state index is 6.01. The Morgan fingerprint density at radius 2 is 1.97 bits per heavy atom. The molecule has 2 aliphatic heterocycles. The third-order valence-corrected chi connectivity index (χ3v) is 7.17. The number of likely N-dealkylation sites (tertiary alicyclic amines) is 1. The van der Waals surface area contributed by atoms with Crippen molar-refractivity contribution in [3.05, 3.63) is 23.9 Å². The van der Waals surface area contributed by atoms with Gasteiger partial charge in [-0.3, -0.25) is 4.68 Å². The van der Waals surface area contributed by atoms with E-state index < -0.39 is 0 Å². The maximum Gasteiger partial charge on any atom is 0.233 e. The van der Waals surface area contributed by atoms with Crippen molar-refractivity contribution >= 4 is 0 Å². The lowest BCUT2D eigenvalue weighted by Gasteiger charge is -2.27. The lowest BCUT2D eigenvalue weighted by Crippen LogP contribution is -2.33. The molecule has 5 rings (SSSR count). The van der Waals surface area contributed by atoms with Gasteiger partial charge in [0.2, 0.25) is 5.88 Å². The SMILES string of the molecule is Cc1cnn(C)c1-c1ccc(OCC2CC3CN(CC4CCCOC4)CC3C2)nn1. The minimum Gasteiger partial charge on any atom is -0.476 e. The van der Waals surface area contributed by atoms with E-state index in [-0.39, 0.29) is 0 Å². The first-order valence-electron chi connectivity index (χ1n) is 11.4. The second-order valence-corrected chi connectivity index (χ2v) is 9.53. The zero-order valence-corrected chi connectivity index (χ0v) is 18.2. The molecule has 0 amide bonds. The lowest BCUT2D eigenvalue weighted by atomic mass is 10.0. The normalized spacial score (nSPS) is 29.3. The fourth-order valence-electron chi connectivity index (χ4n) is 5.77. The van der Waals surface area contributed by atoms with Crippen molar-refractivity contribution in [3.8, 4) is 17.3 Å². The van der Waals surface area contributed by atoms with Crippen LogP contribution in [0.4, 0.5) is 0 Å². The molecule has 30 heavy (non-hydrogen) atoms. The van der Waals surface area contributed by atoms with Crippen LogP contribution < -0.4 is 4.74 Å². The van der Waals surface area contributed by atoms with Crippen LogP contribution in [-0.4, -0.2) is 64.3 Å². The number of nitrogens with zero attached hydrogens (tertiary/aromatic N) is 5. The average Bonchev–Trinajstić information content (AvgIpc) is 3.41. The first-order chi connectivity index (χ1) is 14.7. The molecule has 1 saturated carbocycles. The predicted octanol–water partition coefficient (Wildman–Crippen LogP) is 2.95. The van der Waals surface area contributed by atoms with E-state index in [9.17, 15) is 0 Å². The number of aryl methyl sites for hydroxylation is 2. The summed E-state index contributed by atoms with van der Waals surface area (Å²) in [6, 6.07) is 3.90. The van der Waals surface area contributed by atoms with Gasteiger partial charge in [-0.15, -0.1) is 10.2 Å². The van der Waals surface area contributed by atoms with Crippen LogP contribution >= 0.6 is 0 Å². The predicted molar refractivity (Wildman–Crippen MR) is 114 cm³/mol. The molecule has 0 spiro atoms. The number of ether oxygens (including phenoxy) is 2. The van der Waals surface area contributed by atoms with Gasteiger partial charge in [0.15, 0.2) is 0 Å². The Morgan fingerprint density at radius 1 is 1.13 bits per heavy atom. The molecule has 7 nitrogen and oxygen atoms in total. The van der Waals surface area contributed by atoms with Crippen LogP contribution in [0.2, 0.25) is 0 Å². The summed E-state index contributed by atoms with van der Waals surface area (Å²) < 4.78 is 13.5. The second kappa shape index (κ2) is 8.63. The number of fused-ring (bicyclic) bond motifs is 1. The number of hydrogen-bond acceptors (Lipinski definition) is 6. The van der Waals surface area contributed by atoms with Crippen LogP contribution in [0, 0.1) is 30.6 Å². The van der Waals surface area contributed by atoms with Gasteiger partial charge in [-0.05, 0) is 67.9 Å². The topological polar surface area (TPSA) is 65.3 Å². The first-order valence-corrected chi connectivity index (χ1v) is 11.4. The lowest BCUT2D eigenvalue weighted by molar-refractivity contribution is 0.0404. The highest BCUT2D eigenvalue weighted by molar-refractivity contribution is 5.58. The average molecular weight is 412 g/mol. The van der Waals surface area contributed by atoms with Crippen molar-refractivity contribution in [1.82, 2.24) is 24.9 Å². The van der Waals surface area contributed by atoms with E-state index in [1.807, 2.05) is 37.0 Å². The monoisotopic (exact) mass is 411 g/mol. The van der Waals surface area contributed by atoms with E-state index >= 15 is 0 Å². The molecule has 0 N–H and O–H groups in total. The van der Waals surface area contributed by atoms with E-state index in [0.29, 0.717) is 11.8 Å². The molecule has 0 aromatic carbocycles. The van der Waals surface area contributed by atoms with Crippen LogP contribution in [0.1, 0.15) is 31.2 Å². The Morgan fingerprint density at radius 3 is 2.60 bits per heavy atom. The molecule has 4 heterocycles.